The van der Waals surface area contributed by atoms with Gasteiger partial charge in [-0.2, -0.15) is 0 Å². The molecule has 0 radical (unpaired) electrons. The summed E-state index contributed by atoms with van der Waals surface area (Å²) in [6.45, 7) is 1.87. The van der Waals surface area contributed by atoms with Gasteiger partial charge in [-0.1, -0.05) is 12.2 Å². The van der Waals surface area contributed by atoms with Gasteiger partial charge in [-0.05, 0) is 32.7 Å². The molecule has 5 heteroatoms. The Bertz CT molecular complexity index is 306. The first kappa shape index (κ1) is 11.8. The van der Waals surface area contributed by atoms with Gasteiger partial charge >= 0.3 is 0 Å². The first-order chi connectivity index (χ1) is 7.53. The van der Waals surface area contributed by atoms with Crippen molar-refractivity contribution in [3.8, 4) is 0 Å². The third-order valence-electron chi connectivity index (χ3n) is 3.62. The van der Waals surface area contributed by atoms with Crippen LogP contribution in [0.2, 0.25) is 0 Å². The second-order valence-corrected chi connectivity index (χ2v) is 5.45. The third-order valence-corrected chi connectivity index (χ3v) is 4.01. The van der Waals surface area contributed by atoms with E-state index in [1.807, 2.05) is 0 Å². The number of nitrogens with one attached hydrogen (secondary N) is 1. The van der Waals surface area contributed by atoms with Gasteiger partial charge in [0.15, 0.2) is 0 Å². The zero-order valence-corrected chi connectivity index (χ0v) is 10.5. The number of thiocarbonyl (C=S) groups is 1. The maximum atomic E-state index is 11.8. The molecular weight excluding hydrogens is 222 g/mol. The smallest absolute Gasteiger partial charge is 0.223 e. The molecule has 1 amide bonds. The van der Waals surface area contributed by atoms with E-state index >= 15 is 0 Å². The highest BCUT2D eigenvalue weighted by molar-refractivity contribution is 7.80. The lowest BCUT2D eigenvalue weighted by Crippen LogP contribution is -2.61. The number of rotatable bonds is 3. The van der Waals surface area contributed by atoms with Gasteiger partial charge in [0.2, 0.25) is 5.91 Å². The summed E-state index contributed by atoms with van der Waals surface area (Å²) in [5, 5.41) is 3.08. The van der Waals surface area contributed by atoms with Crippen molar-refractivity contribution in [3.05, 3.63) is 0 Å². The summed E-state index contributed by atoms with van der Waals surface area (Å²) in [6, 6.07) is 0. The predicted octanol–water partition coefficient (Wildman–Crippen LogP) is 0.263. The molecule has 2 aliphatic rings. The highest BCUT2D eigenvalue weighted by Gasteiger charge is 2.41. The summed E-state index contributed by atoms with van der Waals surface area (Å²) < 4.78 is 0. The van der Waals surface area contributed by atoms with Gasteiger partial charge in [-0.15, -0.1) is 0 Å². The molecule has 3 N–H and O–H groups in total. The Balaban J connectivity index is 2.03. The van der Waals surface area contributed by atoms with E-state index in [-0.39, 0.29) is 11.8 Å². The minimum Gasteiger partial charge on any atom is -0.391 e. The molecule has 0 aromatic carbocycles. The van der Waals surface area contributed by atoms with Crippen LogP contribution >= 0.6 is 12.2 Å². The maximum Gasteiger partial charge on any atom is 0.223 e. The molecule has 4 nitrogen and oxygen atoms in total. The molecule has 1 aliphatic carbocycles. The Labute approximate surface area is 102 Å². The number of carbonyl (C=O) groups is 1. The fraction of sp³-hybridized carbons (Fsp3) is 0.818. The standard InChI is InChI=1S/C11H19N3OS/c1-14-6-4-11(5-7-14,10(12)16)13-9(15)8-2-3-8/h8H,2-7H2,1H3,(H2,12,16)(H,13,15). The van der Waals surface area contributed by atoms with E-state index in [2.05, 4.69) is 17.3 Å². The van der Waals surface area contributed by atoms with Gasteiger partial charge in [0.25, 0.3) is 0 Å². The van der Waals surface area contributed by atoms with E-state index < -0.39 is 5.54 Å². The van der Waals surface area contributed by atoms with Gasteiger partial charge in [0.1, 0.15) is 0 Å². The van der Waals surface area contributed by atoms with Crippen molar-refractivity contribution in [3.63, 3.8) is 0 Å². The van der Waals surface area contributed by atoms with Crippen molar-refractivity contribution in [1.82, 2.24) is 10.2 Å². The number of amides is 1. The summed E-state index contributed by atoms with van der Waals surface area (Å²) in [7, 11) is 2.08. The van der Waals surface area contributed by atoms with E-state index in [0.29, 0.717) is 4.99 Å². The van der Waals surface area contributed by atoms with Crippen LogP contribution in [0.3, 0.4) is 0 Å². The highest BCUT2D eigenvalue weighted by Crippen LogP contribution is 2.31. The monoisotopic (exact) mass is 241 g/mol. The van der Waals surface area contributed by atoms with Crippen LogP contribution in [0.4, 0.5) is 0 Å². The Kier molecular flexibility index (Phi) is 3.17. The predicted molar refractivity (Wildman–Crippen MR) is 67.1 cm³/mol. The lowest BCUT2D eigenvalue weighted by molar-refractivity contribution is -0.123. The SMILES string of the molecule is CN1CCC(NC(=O)C2CC2)(C(N)=S)CC1. The summed E-state index contributed by atoms with van der Waals surface area (Å²) in [5.41, 5.74) is 5.39. The normalized spacial score (nSPS) is 25.1. The van der Waals surface area contributed by atoms with Gasteiger partial charge in [-0.25, -0.2) is 0 Å². The van der Waals surface area contributed by atoms with Crippen molar-refractivity contribution in [2.45, 2.75) is 31.2 Å². The molecule has 0 spiro atoms. The van der Waals surface area contributed by atoms with Crippen molar-refractivity contribution in [2.75, 3.05) is 20.1 Å². The molecule has 2 rings (SSSR count). The number of nitrogens with zero attached hydrogens (tertiary/aromatic N) is 1. The molecule has 1 saturated carbocycles. The first-order valence-electron chi connectivity index (χ1n) is 5.84. The first-order valence-corrected chi connectivity index (χ1v) is 6.25. The Hall–Kier alpha value is -0.680. The van der Waals surface area contributed by atoms with E-state index in [9.17, 15) is 4.79 Å². The number of hydrogen-bond donors (Lipinski definition) is 2. The fourth-order valence-corrected chi connectivity index (χ4v) is 2.37. The zero-order valence-electron chi connectivity index (χ0n) is 9.66. The Morgan fingerprint density at radius 2 is 2.00 bits per heavy atom. The number of piperidine rings is 1. The topological polar surface area (TPSA) is 58.4 Å². The quantitative estimate of drug-likeness (QED) is 0.696. The van der Waals surface area contributed by atoms with Crippen LogP contribution < -0.4 is 11.1 Å². The van der Waals surface area contributed by atoms with Gasteiger partial charge in [0, 0.05) is 19.0 Å². The zero-order chi connectivity index (χ0) is 11.8. The minimum absolute atomic E-state index is 0.136. The van der Waals surface area contributed by atoms with E-state index in [1.54, 1.807) is 0 Å². The molecule has 16 heavy (non-hydrogen) atoms. The maximum absolute atomic E-state index is 11.8. The minimum atomic E-state index is -0.429. The molecule has 1 saturated heterocycles. The van der Waals surface area contributed by atoms with Crippen molar-refractivity contribution >= 4 is 23.1 Å². The second kappa shape index (κ2) is 4.30. The summed E-state index contributed by atoms with van der Waals surface area (Å²) in [6.07, 6.45) is 3.69. The lowest BCUT2D eigenvalue weighted by Gasteiger charge is -2.40. The van der Waals surface area contributed by atoms with Crippen LogP contribution in [-0.2, 0) is 4.79 Å². The molecule has 0 aromatic rings. The molecule has 0 bridgehead atoms. The van der Waals surface area contributed by atoms with Crippen LogP contribution in [0.25, 0.3) is 0 Å². The van der Waals surface area contributed by atoms with Crippen LogP contribution in [0.15, 0.2) is 0 Å². The van der Waals surface area contributed by atoms with Gasteiger partial charge in [-0.3, -0.25) is 4.79 Å². The largest absolute Gasteiger partial charge is 0.391 e. The summed E-state index contributed by atoms with van der Waals surface area (Å²) in [4.78, 5) is 14.5. The van der Waals surface area contributed by atoms with Crippen molar-refractivity contribution in [2.24, 2.45) is 11.7 Å². The lowest BCUT2D eigenvalue weighted by atomic mass is 9.87. The van der Waals surface area contributed by atoms with Crippen molar-refractivity contribution < 1.29 is 4.79 Å². The number of nitrogens with two attached hydrogens (primary N) is 1. The van der Waals surface area contributed by atoms with E-state index in [0.717, 1.165) is 38.8 Å². The van der Waals surface area contributed by atoms with Gasteiger partial charge < -0.3 is 16.0 Å². The molecule has 0 atom stereocenters. The van der Waals surface area contributed by atoms with Crippen LogP contribution in [0.5, 0.6) is 0 Å². The average molecular weight is 241 g/mol. The van der Waals surface area contributed by atoms with Crippen molar-refractivity contribution in [1.29, 1.82) is 0 Å². The van der Waals surface area contributed by atoms with E-state index in [1.165, 1.54) is 0 Å². The Morgan fingerprint density at radius 3 is 2.44 bits per heavy atom. The number of hydrogen-bond acceptors (Lipinski definition) is 3. The average Bonchev–Trinajstić information content (AvgIpc) is 3.04. The van der Waals surface area contributed by atoms with Crippen LogP contribution in [-0.4, -0.2) is 41.5 Å². The molecule has 90 valence electrons. The summed E-state index contributed by atoms with van der Waals surface area (Å²) in [5.74, 6) is 0.350. The van der Waals surface area contributed by atoms with Gasteiger partial charge in [0.05, 0.1) is 10.5 Å². The molecule has 1 heterocycles. The van der Waals surface area contributed by atoms with Crippen LogP contribution in [0, 0.1) is 5.92 Å². The molecule has 1 aliphatic heterocycles. The second-order valence-electron chi connectivity index (χ2n) is 5.01. The Morgan fingerprint density at radius 1 is 1.44 bits per heavy atom. The highest BCUT2D eigenvalue weighted by atomic mass is 32.1. The molecule has 0 aromatic heterocycles. The third kappa shape index (κ3) is 2.35. The number of likely N-dealkylation sites (tertiary alicyclic amines) is 1. The number of carbonyl (C=O) groups excluding carboxylic acids is 1. The van der Waals surface area contributed by atoms with Crippen LogP contribution in [0.1, 0.15) is 25.7 Å². The molecular formula is C11H19N3OS. The summed E-state index contributed by atoms with van der Waals surface area (Å²) >= 11 is 5.14. The fourth-order valence-electron chi connectivity index (χ4n) is 2.12. The molecule has 0 unspecified atom stereocenters. The van der Waals surface area contributed by atoms with E-state index in [4.69, 9.17) is 18.0 Å². The molecule has 2 fully saturated rings.